The number of hydrogen-bond acceptors (Lipinski definition) is 1. The van der Waals surface area contributed by atoms with E-state index in [1.807, 2.05) is 0 Å². The van der Waals surface area contributed by atoms with E-state index in [4.69, 9.17) is 0 Å². The number of halogens is 6. The molecule has 0 amide bonds. The second-order valence-corrected chi connectivity index (χ2v) is 5.21. The number of alkyl halides is 3. The van der Waals surface area contributed by atoms with Crippen molar-refractivity contribution in [1.29, 1.82) is 0 Å². The topological polar surface area (TPSA) is 20.2 Å². The molecule has 1 atom stereocenters. The van der Waals surface area contributed by atoms with Gasteiger partial charge in [-0.15, -0.1) is 0 Å². The van der Waals surface area contributed by atoms with Gasteiger partial charge in [0.05, 0.1) is 5.56 Å². The minimum atomic E-state index is -4.79. The minimum absolute atomic E-state index is 0.375. The summed E-state index contributed by atoms with van der Waals surface area (Å²) in [5.74, 6) is -1.84. The molecule has 0 radical (unpaired) electrons. The van der Waals surface area contributed by atoms with Crippen LogP contribution in [0.2, 0.25) is 0 Å². The number of benzene rings is 2. The van der Waals surface area contributed by atoms with Gasteiger partial charge in [-0.25, -0.2) is 8.78 Å². The lowest BCUT2D eigenvalue weighted by atomic mass is 9.96. The zero-order valence-corrected chi connectivity index (χ0v) is 11.8. The van der Waals surface area contributed by atoms with Crippen LogP contribution in [0.3, 0.4) is 0 Å². The smallest absolute Gasteiger partial charge is 0.384 e. The van der Waals surface area contributed by atoms with Crippen molar-refractivity contribution in [2.45, 2.75) is 12.3 Å². The van der Waals surface area contributed by atoms with Crippen LogP contribution in [0.15, 0.2) is 40.9 Å². The third-order valence-electron chi connectivity index (χ3n) is 2.87. The molecule has 112 valence electrons. The van der Waals surface area contributed by atoms with E-state index in [0.29, 0.717) is 22.7 Å². The molecule has 1 nitrogen and oxygen atoms in total. The maximum Gasteiger partial charge on any atom is 0.416 e. The Morgan fingerprint density at radius 2 is 1.62 bits per heavy atom. The van der Waals surface area contributed by atoms with Crippen LogP contribution in [-0.4, -0.2) is 5.11 Å². The van der Waals surface area contributed by atoms with Gasteiger partial charge >= 0.3 is 6.18 Å². The molecular weight excluding hydrogens is 359 g/mol. The molecule has 2 aromatic rings. The van der Waals surface area contributed by atoms with E-state index in [-0.39, 0.29) is 5.56 Å². The second-order valence-electron chi connectivity index (χ2n) is 4.30. The summed E-state index contributed by atoms with van der Waals surface area (Å²) in [6.45, 7) is 0. The van der Waals surface area contributed by atoms with E-state index in [9.17, 15) is 27.1 Å². The van der Waals surface area contributed by atoms with Crippen molar-refractivity contribution in [3.8, 4) is 0 Å². The molecule has 2 rings (SSSR count). The largest absolute Gasteiger partial charge is 0.416 e. The van der Waals surface area contributed by atoms with E-state index < -0.39 is 35.0 Å². The van der Waals surface area contributed by atoms with E-state index in [1.54, 1.807) is 0 Å². The Labute approximate surface area is 125 Å². The first kappa shape index (κ1) is 15.9. The van der Waals surface area contributed by atoms with E-state index in [2.05, 4.69) is 15.9 Å². The molecule has 0 heterocycles. The first-order valence-corrected chi connectivity index (χ1v) is 6.49. The first-order valence-electron chi connectivity index (χ1n) is 5.70. The molecule has 0 aliphatic heterocycles. The highest BCUT2D eigenvalue weighted by Gasteiger charge is 2.36. The van der Waals surface area contributed by atoms with Crippen LogP contribution in [0.25, 0.3) is 0 Å². The Bertz CT molecular complexity index is 669. The SMILES string of the molecule is OC(c1cc(Br)ccc1F)c1cc(F)ccc1C(F)(F)F. The molecule has 1 N–H and O–H groups in total. The number of rotatable bonds is 2. The average molecular weight is 367 g/mol. The Balaban J connectivity index is 2.60. The molecule has 7 heteroatoms. The molecule has 2 aromatic carbocycles. The highest BCUT2D eigenvalue weighted by atomic mass is 79.9. The molecule has 21 heavy (non-hydrogen) atoms. The predicted octanol–water partition coefficient (Wildman–Crippen LogP) is 4.83. The fourth-order valence-corrected chi connectivity index (χ4v) is 2.29. The summed E-state index contributed by atoms with van der Waals surface area (Å²) in [6.07, 6.45) is -6.72. The number of aliphatic hydroxyl groups is 1. The van der Waals surface area contributed by atoms with Crippen LogP contribution in [-0.2, 0) is 6.18 Å². The molecule has 0 aliphatic rings. The van der Waals surface area contributed by atoms with Crippen molar-refractivity contribution >= 4 is 15.9 Å². The van der Waals surface area contributed by atoms with Gasteiger partial charge in [-0.1, -0.05) is 15.9 Å². The summed E-state index contributed by atoms with van der Waals surface area (Å²) in [5, 5.41) is 10.0. The zero-order valence-electron chi connectivity index (χ0n) is 10.3. The van der Waals surface area contributed by atoms with Gasteiger partial charge in [0.25, 0.3) is 0 Å². The Morgan fingerprint density at radius 1 is 0.952 bits per heavy atom. The minimum Gasteiger partial charge on any atom is -0.384 e. The van der Waals surface area contributed by atoms with Crippen LogP contribution >= 0.6 is 15.9 Å². The van der Waals surface area contributed by atoms with Crippen molar-refractivity contribution in [2.24, 2.45) is 0 Å². The van der Waals surface area contributed by atoms with Gasteiger partial charge < -0.3 is 5.11 Å². The second kappa shape index (κ2) is 5.73. The fraction of sp³-hybridized carbons (Fsp3) is 0.143. The first-order chi connectivity index (χ1) is 9.70. The van der Waals surface area contributed by atoms with Crippen molar-refractivity contribution < 1.29 is 27.1 Å². The summed E-state index contributed by atoms with van der Waals surface area (Å²) in [6, 6.07) is 5.18. The average Bonchev–Trinajstić information content (AvgIpc) is 2.39. The van der Waals surface area contributed by atoms with Gasteiger partial charge in [0.2, 0.25) is 0 Å². The maximum atomic E-state index is 13.7. The predicted molar refractivity (Wildman–Crippen MR) is 69.6 cm³/mol. The number of hydrogen-bond donors (Lipinski definition) is 1. The van der Waals surface area contributed by atoms with Crippen molar-refractivity contribution in [3.63, 3.8) is 0 Å². The van der Waals surface area contributed by atoms with Gasteiger partial charge in [0.15, 0.2) is 0 Å². The third kappa shape index (κ3) is 3.41. The summed E-state index contributed by atoms with van der Waals surface area (Å²) in [7, 11) is 0. The summed E-state index contributed by atoms with van der Waals surface area (Å²) >= 11 is 3.04. The van der Waals surface area contributed by atoms with Crippen molar-refractivity contribution in [3.05, 3.63) is 69.2 Å². The lowest BCUT2D eigenvalue weighted by molar-refractivity contribution is -0.139. The van der Waals surface area contributed by atoms with Crippen LogP contribution in [0.4, 0.5) is 22.0 Å². The van der Waals surface area contributed by atoms with Gasteiger partial charge in [-0.2, -0.15) is 13.2 Å². The Hall–Kier alpha value is -1.47. The highest BCUT2D eigenvalue weighted by molar-refractivity contribution is 9.10. The van der Waals surface area contributed by atoms with Crippen LogP contribution in [0, 0.1) is 11.6 Å². The molecule has 0 aliphatic carbocycles. The van der Waals surface area contributed by atoms with Crippen molar-refractivity contribution in [1.82, 2.24) is 0 Å². The molecule has 0 saturated heterocycles. The standard InChI is InChI=1S/C14H8BrF5O/c15-7-1-4-12(17)10(5-7)13(21)9-6-8(16)2-3-11(9)14(18,19)20/h1-6,13,21H. The molecule has 0 aromatic heterocycles. The molecular formula is C14H8BrF5O. The van der Waals surface area contributed by atoms with Crippen LogP contribution < -0.4 is 0 Å². The van der Waals surface area contributed by atoms with Gasteiger partial charge in [-0.3, -0.25) is 0 Å². The third-order valence-corrected chi connectivity index (χ3v) is 3.36. The lowest BCUT2D eigenvalue weighted by Crippen LogP contribution is -2.14. The van der Waals surface area contributed by atoms with Crippen LogP contribution in [0.5, 0.6) is 0 Å². The van der Waals surface area contributed by atoms with Gasteiger partial charge in [-0.05, 0) is 36.4 Å². The van der Waals surface area contributed by atoms with Crippen LogP contribution in [0.1, 0.15) is 22.8 Å². The maximum absolute atomic E-state index is 13.7. The summed E-state index contributed by atoms with van der Waals surface area (Å²) < 4.78 is 66.0. The fourth-order valence-electron chi connectivity index (χ4n) is 1.91. The molecule has 1 unspecified atom stereocenters. The quantitative estimate of drug-likeness (QED) is 0.755. The monoisotopic (exact) mass is 366 g/mol. The van der Waals surface area contributed by atoms with Crippen molar-refractivity contribution in [2.75, 3.05) is 0 Å². The van der Waals surface area contributed by atoms with E-state index in [0.717, 1.165) is 12.1 Å². The molecule has 0 fully saturated rings. The molecule has 0 bridgehead atoms. The molecule has 0 saturated carbocycles. The lowest BCUT2D eigenvalue weighted by Gasteiger charge is -2.18. The van der Waals surface area contributed by atoms with Gasteiger partial charge in [0, 0.05) is 15.6 Å². The number of aliphatic hydroxyl groups excluding tert-OH is 1. The Kier molecular flexibility index (Phi) is 4.34. The van der Waals surface area contributed by atoms with E-state index >= 15 is 0 Å². The highest BCUT2D eigenvalue weighted by Crippen LogP contribution is 2.37. The zero-order chi connectivity index (χ0) is 15.8. The van der Waals surface area contributed by atoms with Gasteiger partial charge in [0.1, 0.15) is 17.7 Å². The molecule has 0 spiro atoms. The summed E-state index contributed by atoms with van der Waals surface area (Å²) in [4.78, 5) is 0. The Morgan fingerprint density at radius 3 is 2.24 bits per heavy atom. The van der Waals surface area contributed by atoms with E-state index in [1.165, 1.54) is 6.07 Å². The summed E-state index contributed by atoms with van der Waals surface area (Å²) in [5.41, 5.74) is -2.32. The normalized spacial score (nSPS) is 13.3.